The first-order valence-electron chi connectivity index (χ1n) is 9.35. The monoisotopic (exact) mass is 338 g/mol. The van der Waals surface area contributed by atoms with Gasteiger partial charge in [0.05, 0.1) is 12.2 Å². The highest BCUT2D eigenvalue weighted by molar-refractivity contribution is 5.82. The van der Waals surface area contributed by atoms with Gasteiger partial charge in [-0.15, -0.1) is 0 Å². The Morgan fingerprint density at radius 1 is 1.24 bits per heavy atom. The summed E-state index contributed by atoms with van der Waals surface area (Å²) in [6.07, 6.45) is 6.03. The van der Waals surface area contributed by atoms with Crippen molar-refractivity contribution in [3.8, 4) is 11.1 Å². The molecule has 2 aliphatic heterocycles. The van der Waals surface area contributed by atoms with Crippen LogP contribution in [0.15, 0.2) is 30.5 Å². The maximum atomic E-state index is 12.6. The highest BCUT2D eigenvalue weighted by atomic mass is 16.2. The van der Waals surface area contributed by atoms with E-state index in [1.165, 1.54) is 22.4 Å². The Morgan fingerprint density at radius 2 is 2.08 bits per heavy atom. The summed E-state index contributed by atoms with van der Waals surface area (Å²) in [5.74, 6) is 0.734. The number of nitrogens with zero attached hydrogens (tertiary/aromatic N) is 2. The van der Waals surface area contributed by atoms with E-state index in [-0.39, 0.29) is 6.04 Å². The topological polar surface area (TPSA) is 61.0 Å². The number of hydrogen-bond acceptors (Lipinski definition) is 3. The van der Waals surface area contributed by atoms with E-state index in [9.17, 15) is 4.79 Å². The van der Waals surface area contributed by atoms with Crippen LogP contribution in [-0.2, 0) is 4.79 Å². The molecule has 132 valence electrons. The van der Waals surface area contributed by atoms with Crippen LogP contribution in [0.4, 0.5) is 0 Å². The first-order valence-corrected chi connectivity index (χ1v) is 9.35. The highest BCUT2D eigenvalue weighted by Crippen LogP contribution is 2.34. The molecule has 2 aromatic rings. The summed E-state index contributed by atoms with van der Waals surface area (Å²) < 4.78 is 0. The zero-order valence-corrected chi connectivity index (χ0v) is 14.8. The Hall–Kier alpha value is -2.14. The number of nitrogens with one attached hydrogen (secondary N) is 2. The Balaban J connectivity index is 1.45. The van der Waals surface area contributed by atoms with E-state index in [2.05, 4.69) is 46.7 Å². The first kappa shape index (κ1) is 16.3. The van der Waals surface area contributed by atoms with Crippen molar-refractivity contribution in [1.82, 2.24) is 20.4 Å². The van der Waals surface area contributed by atoms with Crippen LogP contribution >= 0.6 is 0 Å². The Labute approximate surface area is 148 Å². The minimum atomic E-state index is 0.0477. The third-order valence-corrected chi connectivity index (χ3v) is 5.57. The van der Waals surface area contributed by atoms with Gasteiger partial charge in [-0.2, -0.15) is 5.10 Å². The number of carbonyl (C=O) groups excluding carboxylic acids is 1. The molecule has 3 heterocycles. The van der Waals surface area contributed by atoms with Crippen molar-refractivity contribution in [1.29, 1.82) is 0 Å². The fraction of sp³-hybridized carbons (Fsp3) is 0.500. The van der Waals surface area contributed by atoms with E-state index in [1.807, 2.05) is 11.1 Å². The first-order chi connectivity index (χ1) is 12.2. The van der Waals surface area contributed by atoms with Crippen molar-refractivity contribution >= 4 is 5.91 Å². The summed E-state index contributed by atoms with van der Waals surface area (Å²) in [6.45, 7) is 4.77. The summed E-state index contributed by atoms with van der Waals surface area (Å²) >= 11 is 0. The minimum absolute atomic E-state index is 0.0477. The normalized spacial score (nSPS) is 21.6. The van der Waals surface area contributed by atoms with Gasteiger partial charge < -0.3 is 10.2 Å². The summed E-state index contributed by atoms with van der Waals surface area (Å²) in [5.41, 5.74) is 4.90. The summed E-state index contributed by atoms with van der Waals surface area (Å²) in [5, 5.41) is 10.9. The molecule has 1 amide bonds. The van der Waals surface area contributed by atoms with Gasteiger partial charge in [-0.25, -0.2) is 0 Å². The number of aromatic nitrogens is 2. The van der Waals surface area contributed by atoms with Gasteiger partial charge in [0.2, 0.25) is 5.91 Å². The lowest BCUT2D eigenvalue weighted by atomic mass is 9.89. The molecule has 0 spiro atoms. The number of rotatable bonds is 3. The van der Waals surface area contributed by atoms with Gasteiger partial charge in [0, 0.05) is 30.3 Å². The van der Waals surface area contributed by atoms with Crippen molar-refractivity contribution in [2.75, 3.05) is 19.6 Å². The van der Waals surface area contributed by atoms with Gasteiger partial charge in [-0.05, 0) is 44.7 Å². The molecule has 4 rings (SSSR count). The zero-order valence-electron chi connectivity index (χ0n) is 14.8. The second-order valence-corrected chi connectivity index (χ2v) is 7.32. The van der Waals surface area contributed by atoms with E-state index >= 15 is 0 Å². The molecule has 0 saturated carbocycles. The number of hydrogen-bond donors (Lipinski definition) is 2. The van der Waals surface area contributed by atoms with Crippen LogP contribution < -0.4 is 5.32 Å². The minimum Gasteiger partial charge on any atom is -0.341 e. The van der Waals surface area contributed by atoms with Gasteiger partial charge in [-0.1, -0.05) is 29.8 Å². The number of aromatic amines is 1. The molecule has 2 aliphatic rings. The molecule has 0 aliphatic carbocycles. The van der Waals surface area contributed by atoms with Crippen LogP contribution in [0.25, 0.3) is 11.1 Å². The van der Waals surface area contributed by atoms with Crippen LogP contribution in [-0.4, -0.2) is 46.7 Å². The van der Waals surface area contributed by atoms with E-state index in [4.69, 9.17) is 0 Å². The summed E-state index contributed by atoms with van der Waals surface area (Å²) in [7, 11) is 0. The maximum Gasteiger partial charge on any atom is 0.239 e. The summed E-state index contributed by atoms with van der Waals surface area (Å²) in [4.78, 5) is 14.6. The number of carbonyl (C=O) groups is 1. The Kier molecular flexibility index (Phi) is 4.57. The SMILES string of the molecule is Cc1cccc(-c2cn[nH]c2C2CCN(C(=O)C3CCCN3)CC2)c1. The second-order valence-electron chi connectivity index (χ2n) is 7.32. The average molecular weight is 338 g/mol. The van der Waals surface area contributed by atoms with Gasteiger partial charge in [-0.3, -0.25) is 9.89 Å². The molecular weight excluding hydrogens is 312 g/mol. The van der Waals surface area contributed by atoms with Crippen molar-refractivity contribution in [3.05, 3.63) is 41.7 Å². The van der Waals surface area contributed by atoms with Gasteiger partial charge in [0.25, 0.3) is 0 Å². The lowest BCUT2D eigenvalue weighted by molar-refractivity contribution is -0.134. The molecule has 25 heavy (non-hydrogen) atoms. The van der Waals surface area contributed by atoms with Crippen LogP contribution in [0, 0.1) is 6.92 Å². The Bertz CT molecular complexity index is 740. The molecular formula is C20H26N4O. The Morgan fingerprint density at radius 3 is 2.80 bits per heavy atom. The van der Waals surface area contributed by atoms with E-state index in [0.717, 1.165) is 45.3 Å². The second kappa shape index (κ2) is 7.00. The van der Waals surface area contributed by atoms with Gasteiger partial charge >= 0.3 is 0 Å². The molecule has 5 nitrogen and oxygen atoms in total. The molecule has 2 N–H and O–H groups in total. The quantitative estimate of drug-likeness (QED) is 0.905. The standard InChI is InChI=1S/C20H26N4O/c1-14-4-2-5-16(12-14)17-13-22-23-19(17)15-7-10-24(11-8-15)20(25)18-6-3-9-21-18/h2,4-5,12-13,15,18,21H,3,6-11H2,1H3,(H,22,23). The predicted molar refractivity (Wildman–Crippen MR) is 98.3 cm³/mol. The molecule has 0 radical (unpaired) electrons. The lowest BCUT2D eigenvalue weighted by Gasteiger charge is -2.33. The predicted octanol–water partition coefficient (Wildman–Crippen LogP) is 2.84. The average Bonchev–Trinajstić information content (AvgIpc) is 3.33. The largest absolute Gasteiger partial charge is 0.341 e. The van der Waals surface area contributed by atoms with E-state index < -0.39 is 0 Å². The van der Waals surface area contributed by atoms with Crippen molar-refractivity contribution in [2.24, 2.45) is 0 Å². The van der Waals surface area contributed by atoms with Crippen molar-refractivity contribution in [3.63, 3.8) is 0 Å². The third-order valence-electron chi connectivity index (χ3n) is 5.57. The molecule has 1 unspecified atom stereocenters. The highest BCUT2D eigenvalue weighted by Gasteiger charge is 2.31. The molecule has 0 bridgehead atoms. The fourth-order valence-corrected chi connectivity index (χ4v) is 4.15. The number of aryl methyl sites for hydroxylation is 1. The zero-order chi connectivity index (χ0) is 17.2. The van der Waals surface area contributed by atoms with Gasteiger partial charge in [0.15, 0.2) is 0 Å². The number of likely N-dealkylation sites (tertiary alicyclic amines) is 1. The van der Waals surface area contributed by atoms with Crippen LogP contribution in [0.2, 0.25) is 0 Å². The molecule has 5 heteroatoms. The molecule has 1 atom stereocenters. The van der Waals surface area contributed by atoms with Crippen LogP contribution in [0.5, 0.6) is 0 Å². The number of H-pyrrole nitrogens is 1. The number of piperidine rings is 1. The van der Waals surface area contributed by atoms with Crippen LogP contribution in [0.1, 0.15) is 42.9 Å². The smallest absolute Gasteiger partial charge is 0.239 e. The van der Waals surface area contributed by atoms with Crippen LogP contribution in [0.3, 0.4) is 0 Å². The van der Waals surface area contributed by atoms with E-state index in [0.29, 0.717) is 11.8 Å². The fourth-order valence-electron chi connectivity index (χ4n) is 4.15. The van der Waals surface area contributed by atoms with Crippen molar-refractivity contribution in [2.45, 2.75) is 44.6 Å². The van der Waals surface area contributed by atoms with E-state index in [1.54, 1.807) is 0 Å². The number of amides is 1. The maximum absolute atomic E-state index is 12.6. The summed E-state index contributed by atoms with van der Waals surface area (Å²) in [6, 6.07) is 8.61. The molecule has 2 fully saturated rings. The van der Waals surface area contributed by atoms with Crippen molar-refractivity contribution < 1.29 is 4.79 Å². The number of benzene rings is 1. The third kappa shape index (κ3) is 3.33. The molecule has 2 saturated heterocycles. The molecule has 1 aromatic heterocycles. The lowest BCUT2D eigenvalue weighted by Crippen LogP contribution is -2.46. The molecule has 1 aromatic carbocycles. The van der Waals surface area contributed by atoms with Gasteiger partial charge in [0.1, 0.15) is 0 Å².